The Labute approximate surface area is 197 Å². The molecule has 2 aromatic carbocycles. The van der Waals surface area contributed by atoms with Crippen LogP contribution < -0.4 is 15.4 Å². The molecule has 34 heavy (non-hydrogen) atoms. The van der Waals surface area contributed by atoms with Crippen LogP contribution in [0.4, 0.5) is 8.78 Å². The first-order valence-electron chi connectivity index (χ1n) is 10.6. The Morgan fingerprint density at radius 2 is 1.71 bits per heavy atom. The number of aliphatic hydroxyl groups excluding tert-OH is 1. The second kappa shape index (κ2) is 13.0. The number of carbonyl (C=O) groups excluding carboxylic acids is 2. The normalized spacial score (nSPS) is 13.2. The molecule has 3 N–H and O–H groups in total. The maximum Gasteiger partial charge on any atom is 0.387 e. The van der Waals surface area contributed by atoms with E-state index in [9.17, 15) is 31.9 Å². The van der Waals surface area contributed by atoms with Gasteiger partial charge in [-0.2, -0.15) is 8.78 Å². The Bertz CT molecular complexity index is 1050. The lowest BCUT2D eigenvalue weighted by Crippen LogP contribution is -2.50. The number of rotatable bonds is 13. The van der Waals surface area contributed by atoms with Crippen LogP contribution in [0.2, 0.25) is 0 Å². The molecule has 2 aromatic rings. The molecule has 2 rings (SSSR count). The molecular formula is C23H28F2N2O6S. The topological polar surface area (TPSA) is 122 Å². The Kier molecular flexibility index (Phi) is 10.4. The van der Waals surface area contributed by atoms with Gasteiger partial charge in [0.15, 0.2) is 15.9 Å². The zero-order valence-electron chi connectivity index (χ0n) is 18.6. The first kappa shape index (κ1) is 27.2. The van der Waals surface area contributed by atoms with Crippen LogP contribution in [0, 0.1) is 0 Å². The van der Waals surface area contributed by atoms with E-state index in [0.717, 1.165) is 5.56 Å². The molecule has 2 amide bonds. The van der Waals surface area contributed by atoms with Gasteiger partial charge in [0.25, 0.3) is 5.91 Å². The molecular weight excluding hydrogens is 470 g/mol. The number of alkyl halides is 2. The van der Waals surface area contributed by atoms with Crippen LogP contribution in [-0.4, -0.2) is 49.8 Å². The first-order valence-corrected chi connectivity index (χ1v) is 12.5. The highest BCUT2D eigenvalue weighted by molar-refractivity contribution is 7.90. The van der Waals surface area contributed by atoms with Gasteiger partial charge in [0.05, 0.1) is 17.5 Å². The quantitative estimate of drug-likeness (QED) is 0.389. The highest BCUT2D eigenvalue weighted by Gasteiger charge is 2.27. The van der Waals surface area contributed by atoms with Crippen LogP contribution in [0.1, 0.15) is 30.9 Å². The summed E-state index contributed by atoms with van der Waals surface area (Å²) in [5.74, 6) is -2.71. The van der Waals surface area contributed by atoms with E-state index in [4.69, 9.17) is 0 Å². The Hall–Kier alpha value is -3.05. The van der Waals surface area contributed by atoms with Gasteiger partial charge in [-0.15, -0.1) is 0 Å². The number of hydrogen-bond donors (Lipinski definition) is 3. The molecule has 1 unspecified atom stereocenters. The van der Waals surface area contributed by atoms with Crippen molar-refractivity contribution in [2.45, 2.75) is 50.8 Å². The lowest BCUT2D eigenvalue weighted by molar-refractivity contribution is -0.132. The van der Waals surface area contributed by atoms with Crippen LogP contribution >= 0.6 is 0 Å². The fourth-order valence-electron chi connectivity index (χ4n) is 3.15. The summed E-state index contributed by atoms with van der Waals surface area (Å²) >= 11 is 0. The number of benzene rings is 2. The second-order valence-electron chi connectivity index (χ2n) is 7.56. The van der Waals surface area contributed by atoms with Gasteiger partial charge in [-0.25, -0.2) is 8.42 Å². The van der Waals surface area contributed by atoms with Gasteiger partial charge >= 0.3 is 6.61 Å². The number of aliphatic hydroxyl groups is 1. The van der Waals surface area contributed by atoms with Gasteiger partial charge in [-0.3, -0.25) is 9.59 Å². The molecule has 0 fully saturated rings. The summed E-state index contributed by atoms with van der Waals surface area (Å²) < 4.78 is 54.2. The van der Waals surface area contributed by atoms with Crippen molar-refractivity contribution >= 4 is 21.7 Å². The molecule has 11 heteroatoms. The number of para-hydroxylation sites is 1. The van der Waals surface area contributed by atoms with E-state index in [1.807, 2.05) is 30.3 Å². The molecule has 0 aliphatic heterocycles. The number of nitrogens with one attached hydrogen (secondary N) is 2. The largest absolute Gasteiger partial charge is 0.435 e. The summed E-state index contributed by atoms with van der Waals surface area (Å²) in [5, 5.41) is 15.4. The minimum atomic E-state index is -3.83. The van der Waals surface area contributed by atoms with Crippen molar-refractivity contribution in [1.29, 1.82) is 0 Å². The molecule has 8 nitrogen and oxygen atoms in total. The molecule has 0 radical (unpaired) electrons. The number of ether oxygens (including phenoxy) is 1. The fraction of sp³-hybridized carbons (Fsp3) is 0.391. The highest BCUT2D eigenvalue weighted by atomic mass is 32.2. The predicted octanol–water partition coefficient (Wildman–Crippen LogP) is 2.16. The van der Waals surface area contributed by atoms with Crippen LogP contribution in [0.25, 0.3) is 0 Å². The predicted molar refractivity (Wildman–Crippen MR) is 122 cm³/mol. The van der Waals surface area contributed by atoms with E-state index in [1.54, 1.807) is 6.92 Å². The van der Waals surface area contributed by atoms with E-state index in [1.165, 1.54) is 24.3 Å². The van der Waals surface area contributed by atoms with Crippen LogP contribution in [-0.2, 0) is 31.7 Å². The Balaban J connectivity index is 1.87. The van der Waals surface area contributed by atoms with Gasteiger partial charge in [0.2, 0.25) is 5.91 Å². The van der Waals surface area contributed by atoms with Gasteiger partial charge in [-0.1, -0.05) is 55.5 Å². The number of halogens is 2. The number of carbonyl (C=O) groups is 2. The third-order valence-corrected chi connectivity index (χ3v) is 6.53. The summed E-state index contributed by atoms with van der Waals surface area (Å²) in [7, 11) is -3.83. The van der Waals surface area contributed by atoms with Crippen LogP contribution in [0.15, 0.2) is 54.6 Å². The molecule has 0 spiro atoms. The van der Waals surface area contributed by atoms with Crippen molar-refractivity contribution in [3.05, 3.63) is 65.7 Å². The highest BCUT2D eigenvalue weighted by Crippen LogP contribution is 2.22. The molecule has 0 aliphatic carbocycles. The summed E-state index contributed by atoms with van der Waals surface area (Å²) in [4.78, 5) is 24.5. The molecule has 0 aliphatic rings. The van der Waals surface area contributed by atoms with E-state index < -0.39 is 58.3 Å². The number of amides is 2. The van der Waals surface area contributed by atoms with Gasteiger partial charge in [0.1, 0.15) is 5.75 Å². The van der Waals surface area contributed by atoms with Crippen molar-refractivity contribution in [3.63, 3.8) is 0 Å². The van der Waals surface area contributed by atoms with Crippen molar-refractivity contribution in [1.82, 2.24) is 10.6 Å². The van der Waals surface area contributed by atoms with E-state index in [0.29, 0.717) is 0 Å². The van der Waals surface area contributed by atoms with Crippen LogP contribution in [0.3, 0.4) is 0 Å². The monoisotopic (exact) mass is 498 g/mol. The minimum absolute atomic E-state index is 0.0557. The Morgan fingerprint density at radius 1 is 1.06 bits per heavy atom. The Morgan fingerprint density at radius 3 is 2.35 bits per heavy atom. The lowest BCUT2D eigenvalue weighted by Gasteiger charge is -2.22. The number of hydrogen-bond acceptors (Lipinski definition) is 6. The van der Waals surface area contributed by atoms with Gasteiger partial charge in [0, 0.05) is 18.5 Å². The van der Waals surface area contributed by atoms with Crippen molar-refractivity contribution in [3.8, 4) is 5.75 Å². The molecule has 0 bridgehead atoms. The summed E-state index contributed by atoms with van der Waals surface area (Å²) in [5.41, 5.74) is 0.894. The van der Waals surface area contributed by atoms with E-state index >= 15 is 0 Å². The van der Waals surface area contributed by atoms with E-state index in [2.05, 4.69) is 15.4 Å². The zero-order valence-corrected chi connectivity index (χ0v) is 19.4. The van der Waals surface area contributed by atoms with Crippen LogP contribution in [0.5, 0.6) is 5.75 Å². The first-order chi connectivity index (χ1) is 16.1. The molecule has 0 aromatic heterocycles. The molecule has 186 valence electrons. The SMILES string of the molecule is CCC(NC(=O)CCS(=O)(=O)Cc1ccccc1OC(F)F)[C@@H](O)C(=O)NCc1ccccc1. The standard InChI is InChI=1S/C23H28F2N2O6S/c1-2-18(21(29)22(30)26-14-16-8-4-3-5-9-16)27-20(28)12-13-34(31,32)15-17-10-6-7-11-19(17)33-23(24)25/h3-11,18,21,23,29H,2,12-15H2,1H3,(H,26,30)(H,27,28)/t18?,21-/m1/s1. The average Bonchev–Trinajstić information content (AvgIpc) is 2.80. The number of sulfone groups is 1. The minimum Gasteiger partial charge on any atom is -0.435 e. The maximum atomic E-state index is 12.5. The molecule has 0 saturated carbocycles. The van der Waals surface area contributed by atoms with Crippen molar-refractivity contribution in [2.24, 2.45) is 0 Å². The van der Waals surface area contributed by atoms with Crippen molar-refractivity contribution < 1.29 is 36.6 Å². The van der Waals surface area contributed by atoms with Gasteiger partial charge in [-0.05, 0) is 18.1 Å². The third kappa shape index (κ3) is 9.06. The summed E-state index contributed by atoms with van der Waals surface area (Å²) in [6.45, 7) is -1.23. The molecule has 0 heterocycles. The maximum absolute atomic E-state index is 12.5. The second-order valence-corrected chi connectivity index (χ2v) is 9.74. The summed E-state index contributed by atoms with van der Waals surface area (Å²) in [6.07, 6.45) is -1.71. The van der Waals surface area contributed by atoms with Gasteiger partial charge < -0.3 is 20.5 Å². The molecule has 0 saturated heterocycles. The average molecular weight is 499 g/mol. The van der Waals surface area contributed by atoms with E-state index in [-0.39, 0.29) is 24.3 Å². The zero-order chi connectivity index (χ0) is 25.1. The summed E-state index contributed by atoms with van der Waals surface area (Å²) in [6, 6.07) is 13.7. The third-order valence-electron chi connectivity index (χ3n) is 4.95. The lowest BCUT2D eigenvalue weighted by atomic mass is 10.1. The smallest absolute Gasteiger partial charge is 0.387 e. The fourth-order valence-corrected chi connectivity index (χ4v) is 4.50. The van der Waals surface area contributed by atoms with Crippen molar-refractivity contribution in [2.75, 3.05) is 5.75 Å². The molecule has 2 atom stereocenters.